The number of halogens is 1. The maximum atomic E-state index is 12.8. The molecule has 1 aromatic carbocycles. The lowest BCUT2D eigenvalue weighted by atomic mass is 9.97. The first kappa shape index (κ1) is 20.6. The fourth-order valence-corrected chi connectivity index (χ4v) is 5.98. The van der Waals surface area contributed by atoms with Crippen molar-refractivity contribution in [3.05, 3.63) is 34.9 Å². The number of rotatable bonds is 5. The van der Waals surface area contributed by atoms with Gasteiger partial charge in [0.25, 0.3) is 0 Å². The van der Waals surface area contributed by atoms with Gasteiger partial charge in [0.05, 0.1) is 11.7 Å². The van der Waals surface area contributed by atoms with E-state index in [4.69, 9.17) is 11.6 Å². The first-order valence-electron chi connectivity index (χ1n) is 9.97. The minimum absolute atomic E-state index is 0.0135. The molecule has 7 heteroatoms. The van der Waals surface area contributed by atoms with E-state index in [1.807, 2.05) is 0 Å². The van der Waals surface area contributed by atoms with E-state index < -0.39 is 10.0 Å². The van der Waals surface area contributed by atoms with Gasteiger partial charge in [0, 0.05) is 24.2 Å². The minimum Gasteiger partial charge on any atom is -0.353 e. The fraction of sp³-hybridized carbons (Fsp3) is 0.650. The second kappa shape index (κ2) is 9.39. The number of piperidine rings is 1. The van der Waals surface area contributed by atoms with Crippen molar-refractivity contribution < 1.29 is 13.2 Å². The average Bonchev–Trinajstić information content (AvgIpc) is 2.92. The van der Waals surface area contributed by atoms with Crippen LogP contribution < -0.4 is 5.32 Å². The molecule has 1 heterocycles. The minimum atomic E-state index is -3.50. The Labute approximate surface area is 167 Å². The Bertz CT molecular complexity index is 745. The summed E-state index contributed by atoms with van der Waals surface area (Å²) in [6, 6.07) is 7.25. The van der Waals surface area contributed by atoms with Crippen LogP contribution in [0.1, 0.15) is 56.9 Å². The third-order valence-corrected chi connectivity index (χ3v) is 7.81. The van der Waals surface area contributed by atoms with Gasteiger partial charge in [-0.2, -0.15) is 0 Å². The van der Waals surface area contributed by atoms with Gasteiger partial charge >= 0.3 is 0 Å². The molecule has 0 radical (unpaired) electrons. The Morgan fingerprint density at radius 1 is 1.07 bits per heavy atom. The molecule has 1 aromatic rings. The zero-order valence-electron chi connectivity index (χ0n) is 15.7. The molecule has 1 saturated heterocycles. The number of carbonyl (C=O) groups excluding carboxylic acids is 1. The summed E-state index contributed by atoms with van der Waals surface area (Å²) < 4.78 is 27.2. The van der Waals surface area contributed by atoms with Crippen LogP contribution in [0.25, 0.3) is 0 Å². The number of sulfonamides is 1. The van der Waals surface area contributed by atoms with E-state index in [0.29, 0.717) is 23.6 Å². The highest BCUT2D eigenvalue weighted by molar-refractivity contribution is 7.88. The molecule has 0 bridgehead atoms. The Kier molecular flexibility index (Phi) is 7.17. The molecule has 2 aliphatic rings. The quantitative estimate of drug-likeness (QED) is 0.749. The van der Waals surface area contributed by atoms with Crippen molar-refractivity contribution in [3.63, 3.8) is 0 Å². The van der Waals surface area contributed by atoms with Gasteiger partial charge in [0.15, 0.2) is 0 Å². The first-order chi connectivity index (χ1) is 13.0. The van der Waals surface area contributed by atoms with Gasteiger partial charge in [-0.25, -0.2) is 12.7 Å². The Balaban J connectivity index is 1.61. The summed E-state index contributed by atoms with van der Waals surface area (Å²) in [6.45, 7) is 0.741. The third-order valence-electron chi connectivity index (χ3n) is 5.65. The molecule has 3 rings (SSSR count). The van der Waals surface area contributed by atoms with Gasteiger partial charge in [-0.3, -0.25) is 4.79 Å². The summed E-state index contributed by atoms with van der Waals surface area (Å²) in [5.74, 6) is -0.369. The molecule has 1 aliphatic carbocycles. The summed E-state index contributed by atoms with van der Waals surface area (Å²) in [4.78, 5) is 12.7. The monoisotopic (exact) mass is 412 g/mol. The number of nitrogens with one attached hydrogen (secondary N) is 1. The second-order valence-corrected chi connectivity index (χ2v) is 10.1. The van der Waals surface area contributed by atoms with Gasteiger partial charge < -0.3 is 5.32 Å². The molecule has 150 valence electrons. The van der Waals surface area contributed by atoms with Crippen molar-refractivity contribution in [3.8, 4) is 0 Å². The highest BCUT2D eigenvalue weighted by atomic mass is 35.5. The number of hydrogen-bond acceptors (Lipinski definition) is 3. The van der Waals surface area contributed by atoms with Gasteiger partial charge in [-0.1, -0.05) is 55.5 Å². The van der Waals surface area contributed by atoms with Crippen LogP contribution in [0, 0.1) is 5.92 Å². The maximum Gasteiger partial charge on any atom is 0.224 e. The van der Waals surface area contributed by atoms with E-state index >= 15 is 0 Å². The van der Waals surface area contributed by atoms with Crippen molar-refractivity contribution >= 4 is 27.5 Å². The van der Waals surface area contributed by atoms with Crippen LogP contribution in [0.4, 0.5) is 0 Å². The molecule has 27 heavy (non-hydrogen) atoms. The molecule has 0 aromatic heterocycles. The van der Waals surface area contributed by atoms with E-state index in [1.54, 1.807) is 24.3 Å². The van der Waals surface area contributed by atoms with Gasteiger partial charge in [-0.15, -0.1) is 0 Å². The topological polar surface area (TPSA) is 66.5 Å². The van der Waals surface area contributed by atoms with E-state index in [-0.39, 0.29) is 30.2 Å². The first-order valence-corrected chi connectivity index (χ1v) is 12.0. The molecule has 0 unspecified atom stereocenters. The van der Waals surface area contributed by atoms with Gasteiger partial charge in [0.1, 0.15) is 0 Å². The van der Waals surface area contributed by atoms with E-state index in [1.165, 1.54) is 17.1 Å². The molecule has 1 atom stereocenters. The summed E-state index contributed by atoms with van der Waals surface area (Å²) in [7, 11) is -3.50. The Hall–Kier alpha value is -1.11. The van der Waals surface area contributed by atoms with Crippen molar-refractivity contribution in [2.24, 2.45) is 5.92 Å². The molecule has 1 N–H and O–H groups in total. The highest BCUT2D eigenvalue weighted by Crippen LogP contribution is 2.25. The van der Waals surface area contributed by atoms with Crippen LogP contribution in [0.5, 0.6) is 0 Å². The van der Waals surface area contributed by atoms with Crippen molar-refractivity contribution in [2.45, 2.75) is 63.2 Å². The lowest BCUT2D eigenvalue weighted by molar-refractivity contribution is -0.126. The zero-order valence-corrected chi connectivity index (χ0v) is 17.3. The van der Waals surface area contributed by atoms with Crippen molar-refractivity contribution in [1.29, 1.82) is 0 Å². The summed E-state index contributed by atoms with van der Waals surface area (Å²) in [5, 5.41) is 3.64. The Morgan fingerprint density at radius 3 is 2.48 bits per heavy atom. The smallest absolute Gasteiger partial charge is 0.224 e. The molecule has 0 spiro atoms. The molecule has 2 fully saturated rings. The molecule has 5 nitrogen and oxygen atoms in total. The predicted molar refractivity (Wildman–Crippen MR) is 108 cm³/mol. The summed E-state index contributed by atoms with van der Waals surface area (Å²) in [5.41, 5.74) is 0.601. The number of nitrogens with zero attached hydrogens (tertiary/aromatic N) is 1. The summed E-state index contributed by atoms with van der Waals surface area (Å²) in [6.07, 6.45) is 8.33. The van der Waals surface area contributed by atoms with Crippen LogP contribution in [0.2, 0.25) is 5.02 Å². The third kappa shape index (κ3) is 5.69. The van der Waals surface area contributed by atoms with E-state index in [2.05, 4.69) is 5.32 Å². The molecular formula is C20H29ClN2O3S. The molecule has 1 aliphatic heterocycles. The molecule has 1 saturated carbocycles. The lowest BCUT2D eigenvalue weighted by Crippen LogP contribution is -2.47. The fourth-order valence-electron chi connectivity index (χ4n) is 4.06. The van der Waals surface area contributed by atoms with Crippen LogP contribution >= 0.6 is 11.6 Å². The number of carbonyl (C=O) groups is 1. The standard InChI is InChI=1S/C20H29ClN2O3S/c21-19-12-6-5-8-17(19)15-27(25,26)23-13-7-9-16(14-23)20(24)22-18-10-3-1-2-4-11-18/h5-6,8,12,16,18H,1-4,7,9-11,13-15H2,(H,22,24)/t16-/m1/s1. The highest BCUT2D eigenvalue weighted by Gasteiger charge is 2.33. The van der Waals surface area contributed by atoms with E-state index in [0.717, 1.165) is 32.1 Å². The Morgan fingerprint density at radius 2 is 1.78 bits per heavy atom. The van der Waals surface area contributed by atoms with Gasteiger partial charge in [0.2, 0.25) is 15.9 Å². The van der Waals surface area contributed by atoms with Crippen molar-refractivity contribution in [1.82, 2.24) is 9.62 Å². The van der Waals surface area contributed by atoms with Crippen LogP contribution in [-0.2, 0) is 20.6 Å². The summed E-state index contributed by atoms with van der Waals surface area (Å²) >= 11 is 6.12. The normalized spacial score (nSPS) is 22.9. The van der Waals surface area contributed by atoms with Gasteiger partial charge in [-0.05, 0) is 37.3 Å². The molecule has 1 amide bonds. The van der Waals surface area contributed by atoms with Crippen LogP contribution in [-0.4, -0.2) is 37.8 Å². The van der Waals surface area contributed by atoms with Crippen LogP contribution in [0.15, 0.2) is 24.3 Å². The number of amides is 1. The zero-order chi connectivity index (χ0) is 19.3. The maximum absolute atomic E-state index is 12.8. The lowest BCUT2D eigenvalue weighted by Gasteiger charge is -2.32. The second-order valence-electron chi connectivity index (χ2n) is 7.74. The SMILES string of the molecule is O=C(NC1CCCCCC1)[C@@H]1CCCN(S(=O)(=O)Cc2ccccc2Cl)C1. The predicted octanol–water partition coefficient (Wildman–Crippen LogP) is 3.72. The molecular weight excluding hydrogens is 384 g/mol. The van der Waals surface area contributed by atoms with Crippen molar-refractivity contribution in [2.75, 3.05) is 13.1 Å². The number of hydrogen-bond donors (Lipinski definition) is 1. The number of benzene rings is 1. The van der Waals surface area contributed by atoms with Crippen LogP contribution in [0.3, 0.4) is 0 Å². The average molecular weight is 413 g/mol. The van der Waals surface area contributed by atoms with E-state index in [9.17, 15) is 13.2 Å². The largest absolute Gasteiger partial charge is 0.353 e.